The van der Waals surface area contributed by atoms with Crippen LogP contribution in [-0.4, -0.2) is 26.6 Å². The SMILES string of the molecule is Cc1cccc(Cn2cc(/C=C3\SC(=Nc4ccccc4)N(C4CCCCC4)C3=O)c3ccccc32)c1. The molecular weight excluding hydrogens is 474 g/mol. The van der Waals surface area contributed by atoms with Gasteiger partial charge in [0.1, 0.15) is 0 Å². The van der Waals surface area contributed by atoms with E-state index in [1.54, 1.807) is 0 Å². The zero-order valence-electron chi connectivity index (χ0n) is 21.1. The minimum Gasteiger partial charge on any atom is -0.342 e. The van der Waals surface area contributed by atoms with E-state index in [4.69, 9.17) is 4.99 Å². The first-order valence-corrected chi connectivity index (χ1v) is 14.0. The molecule has 2 fully saturated rings. The van der Waals surface area contributed by atoms with Crippen molar-refractivity contribution in [1.29, 1.82) is 0 Å². The van der Waals surface area contributed by atoms with Crippen LogP contribution >= 0.6 is 11.8 Å². The maximum absolute atomic E-state index is 13.8. The predicted octanol–water partition coefficient (Wildman–Crippen LogP) is 7.93. The summed E-state index contributed by atoms with van der Waals surface area (Å²) >= 11 is 1.51. The fraction of sp³-hybridized carbons (Fsp3) is 0.250. The highest BCUT2D eigenvalue weighted by Gasteiger charge is 2.38. The summed E-state index contributed by atoms with van der Waals surface area (Å²) in [5.74, 6) is 0.0853. The number of thioether (sulfide) groups is 1. The molecule has 5 heteroatoms. The summed E-state index contributed by atoms with van der Waals surface area (Å²) < 4.78 is 2.29. The Hall–Kier alpha value is -3.57. The Morgan fingerprint density at radius 2 is 1.73 bits per heavy atom. The number of fused-ring (bicyclic) bond motifs is 1. The molecule has 2 heterocycles. The largest absolute Gasteiger partial charge is 0.342 e. The zero-order chi connectivity index (χ0) is 25.2. The van der Waals surface area contributed by atoms with Crippen LogP contribution < -0.4 is 0 Å². The molecule has 186 valence electrons. The summed E-state index contributed by atoms with van der Waals surface area (Å²) in [6.45, 7) is 2.92. The quantitative estimate of drug-likeness (QED) is 0.258. The smallest absolute Gasteiger partial charge is 0.267 e. The van der Waals surface area contributed by atoms with E-state index in [9.17, 15) is 4.79 Å². The number of carbonyl (C=O) groups is 1. The third-order valence-corrected chi connectivity index (χ3v) is 8.28. The number of hydrogen-bond acceptors (Lipinski definition) is 3. The highest BCUT2D eigenvalue weighted by molar-refractivity contribution is 8.18. The van der Waals surface area contributed by atoms with Crippen LogP contribution in [0, 0.1) is 6.92 Å². The first-order chi connectivity index (χ1) is 18.2. The molecule has 1 aromatic heterocycles. The number of hydrogen-bond donors (Lipinski definition) is 0. The van der Waals surface area contributed by atoms with Gasteiger partial charge in [0.15, 0.2) is 5.17 Å². The number of amidine groups is 1. The lowest BCUT2D eigenvalue weighted by Crippen LogP contribution is -2.40. The fourth-order valence-corrected chi connectivity index (χ4v) is 6.56. The molecule has 0 N–H and O–H groups in total. The third-order valence-electron chi connectivity index (χ3n) is 7.30. The Labute approximate surface area is 222 Å². The van der Waals surface area contributed by atoms with Gasteiger partial charge in [0.05, 0.1) is 10.6 Å². The maximum atomic E-state index is 13.8. The number of amides is 1. The summed E-state index contributed by atoms with van der Waals surface area (Å²) in [5.41, 5.74) is 5.66. The molecule has 0 bridgehead atoms. The topological polar surface area (TPSA) is 37.6 Å². The van der Waals surface area contributed by atoms with Gasteiger partial charge in [-0.3, -0.25) is 9.69 Å². The normalized spacial score (nSPS) is 18.9. The van der Waals surface area contributed by atoms with E-state index >= 15 is 0 Å². The van der Waals surface area contributed by atoms with Crippen LogP contribution in [0.2, 0.25) is 0 Å². The average Bonchev–Trinajstić information content (AvgIpc) is 3.42. The molecule has 0 unspecified atom stereocenters. The number of aromatic nitrogens is 1. The van der Waals surface area contributed by atoms with Crippen molar-refractivity contribution in [2.24, 2.45) is 4.99 Å². The molecule has 0 radical (unpaired) electrons. The summed E-state index contributed by atoms with van der Waals surface area (Å²) in [7, 11) is 0. The first kappa shape index (κ1) is 23.8. The Morgan fingerprint density at radius 3 is 2.54 bits per heavy atom. The lowest BCUT2D eigenvalue weighted by molar-refractivity contribution is -0.124. The van der Waals surface area contributed by atoms with Crippen molar-refractivity contribution in [3.8, 4) is 0 Å². The monoisotopic (exact) mass is 505 g/mol. The van der Waals surface area contributed by atoms with Crippen LogP contribution in [0.5, 0.6) is 0 Å². The van der Waals surface area contributed by atoms with E-state index in [1.165, 1.54) is 47.7 Å². The van der Waals surface area contributed by atoms with E-state index in [0.717, 1.165) is 46.1 Å². The van der Waals surface area contributed by atoms with E-state index in [2.05, 4.69) is 72.3 Å². The number of nitrogens with zero attached hydrogens (tertiary/aromatic N) is 3. The van der Waals surface area contributed by atoms with Crippen LogP contribution in [0.15, 0.2) is 95.0 Å². The van der Waals surface area contributed by atoms with Crippen LogP contribution in [0.1, 0.15) is 48.8 Å². The Balaban J connectivity index is 1.38. The van der Waals surface area contributed by atoms with E-state index in [0.29, 0.717) is 0 Å². The van der Waals surface area contributed by atoms with Gasteiger partial charge < -0.3 is 4.57 Å². The van der Waals surface area contributed by atoms with Gasteiger partial charge in [0.25, 0.3) is 5.91 Å². The number of carbonyl (C=O) groups excluding carboxylic acids is 1. The van der Waals surface area contributed by atoms with Crippen molar-refractivity contribution in [1.82, 2.24) is 9.47 Å². The maximum Gasteiger partial charge on any atom is 0.267 e. The summed E-state index contributed by atoms with van der Waals surface area (Å²) in [4.78, 5) is 21.5. The minimum atomic E-state index is 0.0853. The average molecular weight is 506 g/mol. The van der Waals surface area contributed by atoms with Crippen molar-refractivity contribution in [2.75, 3.05) is 0 Å². The lowest BCUT2D eigenvalue weighted by Gasteiger charge is -2.30. The van der Waals surface area contributed by atoms with Crippen molar-refractivity contribution in [3.05, 3.63) is 107 Å². The number of para-hydroxylation sites is 2. The van der Waals surface area contributed by atoms with Gasteiger partial charge in [-0.25, -0.2) is 4.99 Å². The van der Waals surface area contributed by atoms with E-state index < -0.39 is 0 Å². The summed E-state index contributed by atoms with van der Waals surface area (Å²) in [6.07, 6.45) is 9.94. The Kier molecular flexibility index (Phi) is 6.71. The highest BCUT2D eigenvalue weighted by atomic mass is 32.2. The fourth-order valence-electron chi connectivity index (χ4n) is 5.51. The lowest BCUT2D eigenvalue weighted by atomic mass is 9.94. The Morgan fingerprint density at radius 1 is 0.946 bits per heavy atom. The second-order valence-electron chi connectivity index (χ2n) is 10.0. The second-order valence-corrected chi connectivity index (χ2v) is 11.0. The molecule has 4 nitrogen and oxygen atoms in total. The molecule has 6 rings (SSSR count). The van der Waals surface area contributed by atoms with Gasteiger partial charge in [-0.1, -0.05) is 85.5 Å². The highest BCUT2D eigenvalue weighted by Crippen LogP contribution is 2.39. The number of aryl methyl sites for hydroxylation is 1. The standard InChI is InChI=1S/C32H31N3OS/c1-23-11-10-12-24(19-23)21-34-22-25(28-17-8-9-18-29(28)34)20-30-31(36)35(27-15-6-3-7-16-27)32(37-30)33-26-13-4-2-5-14-26/h2,4-5,8-14,17-20,22,27H,3,6-7,15-16,21H2,1H3/b30-20-,33-32?. The first-order valence-electron chi connectivity index (χ1n) is 13.2. The van der Waals surface area contributed by atoms with E-state index in [-0.39, 0.29) is 11.9 Å². The van der Waals surface area contributed by atoms with Crippen molar-refractivity contribution < 1.29 is 4.79 Å². The van der Waals surface area contributed by atoms with Crippen molar-refractivity contribution >= 4 is 45.5 Å². The number of benzene rings is 3. The van der Waals surface area contributed by atoms with Gasteiger partial charge in [0.2, 0.25) is 0 Å². The zero-order valence-corrected chi connectivity index (χ0v) is 22.0. The molecule has 0 spiro atoms. The molecule has 0 atom stereocenters. The van der Waals surface area contributed by atoms with Crippen molar-refractivity contribution in [3.63, 3.8) is 0 Å². The third kappa shape index (κ3) is 5.01. The molecule has 1 saturated carbocycles. The predicted molar refractivity (Wildman–Crippen MR) is 155 cm³/mol. The molecule has 37 heavy (non-hydrogen) atoms. The summed E-state index contributed by atoms with van der Waals surface area (Å²) in [5, 5.41) is 1.96. The second kappa shape index (κ2) is 10.4. The summed E-state index contributed by atoms with van der Waals surface area (Å²) in [6, 6.07) is 27.3. The van der Waals surface area contributed by atoms with Gasteiger partial charge >= 0.3 is 0 Å². The molecule has 3 aromatic carbocycles. The molecular formula is C32H31N3OS. The van der Waals surface area contributed by atoms with Gasteiger partial charge in [-0.05, 0) is 61.4 Å². The molecule has 1 aliphatic heterocycles. The molecule has 2 aliphatic rings. The van der Waals surface area contributed by atoms with Crippen LogP contribution in [0.4, 0.5) is 5.69 Å². The molecule has 1 amide bonds. The number of aliphatic imine (C=N–C) groups is 1. The molecule has 1 aliphatic carbocycles. The van der Waals surface area contributed by atoms with Crippen LogP contribution in [0.3, 0.4) is 0 Å². The molecule has 4 aromatic rings. The van der Waals surface area contributed by atoms with Crippen molar-refractivity contribution in [2.45, 2.75) is 51.6 Å². The van der Waals surface area contributed by atoms with Gasteiger partial charge in [-0.2, -0.15) is 0 Å². The van der Waals surface area contributed by atoms with E-state index in [1.807, 2.05) is 35.2 Å². The number of rotatable bonds is 5. The van der Waals surface area contributed by atoms with Crippen LogP contribution in [-0.2, 0) is 11.3 Å². The van der Waals surface area contributed by atoms with Gasteiger partial charge in [0, 0.05) is 35.2 Å². The minimum absolute atomic E-state index is 0.0853. The Bertz CT molecular complexity index is 1500. The molecule has 1 saturated heterocycles. The van der Waals surface area contributed by atoms with Gasteiger partial charge in [-0.15, -0.1) is 0 Å². The van der Waals surface area contributed by atoms with Crippen LogP contribution in [0.25, 0.3) is 17.0 Å².